The van der Waals surface area contributed by atoms with Gasteiger partial charge in [-0.3, -0.25) is 9.59 Å². The van der Waals surface area contributed by atoms with Gasteiger partial charge in [-0.25, -0.2) is 0 Å². The van der Waals surface area contributed by atoms with Crippen molar-refractivity contribution in [2.24, 2.45) is 11.3 Å². The molecule has 0 fully saturated rings. The molecule has 7 heteroatoms. The van der Waals surface area contributed by atoms with Gasteiger partial charge in [0.1, 0.15) is 5.00 Å². The Morgan fingerprint density at radius 1 is 1.23 bits per heavy atom. The molecular formula is C28H38N2O3S2. The summed E-state index contributed by atoms with van der Waals surface area (Å²) >= 11 is 3.18. The SMILES string of the molecule is CCCCCOC(=O)CS[C@H]1Nc2sc3c(c2C(=O)N1Cc1ccccc1)CC[C@@H](C(C)(C)C)C3. The van der Waals surface area contributed by atoms with Crippen LogP contribution in [0.5, 0.6) is 0 Å². The van der Waals surface area contributed by atoms with Crippen molar-refractivity contribution in [3.63, 3.8) is 0 Å². The maximum atomic E-state index is 13.9. The molecule has 190 valence electrons. The van der Waals surface area contributed by atoms with E-state index in [1.54, 1.807) is 11.3 Å². The van der Waals surface area contributed by atoms with Crippen LogP contribution in [-0.2, 0) is 28.9 Å². The minimum absolute atomic E-state index is 0.0723. The summed E-state index contributed by atoms with van der Waals surface area (Å²) in [6.45, 7) is 10.0. The molecule has 2 heterocycles. The minimum Gasteiger partial charge on any atom is -0.465 e. The fourth-order valence-electron chi connectivity index (χ4n) is 4.89. The van der Waals surface area contributed by atoms with E-state index >= 15 is 0 Å². The van der Waals surface area contributed by atoms with Gasteiger partial charge in [-0.05, 0) is 48.1 Å². The molecule has 1 aromatic heterocycles. The van der Waals surface area contributed by atoms with E-state index in [1.165, 1.54) is 22.2 Å². The molecule has 1 amide bonds. The van der Waals surface area contributed by atoms with Crippen LogP contribution in [-0.4, -0.2) is 34.6 Å². The van der Waals surface area contributed by atoms with Crippen molar-refractivity contribution in [3.8, 4) is 0 Å². The zero-order chi connectivity index (χ0) is 25.0. The number of fused-ring (bicyclic) bond motifs is 3. The largest absolute Gasteiger partial charge is 0.465 e. The number of thioether (sulfide) groups is 1. The van der Waals surface area contributed by atoms with E-state index in [-0.39, 0.29) is 28.5 Å². The van der Waals surface area contributed by atoms with Crippen LogP contribution in [0.2, 0.25) is 0 Å². The molecule has 2 aliphatic rings. The Labute approximate surface area is 218 Å². The van der Waals surface area contributed by atoms with Crippen molar-refractivity contribution < 1.29 is 14.3 Å². The maximum absolute atomic E-state index is 13.9. The van der Waals surface area contributed by atoms with Crippen molar-refractivity contribution in [1.29, 1.82) is 0 Å². The van der Waals surface area contributed by atoms with E-state index in [0.717, 1.165) is 54.7 Å². The number of amides is 1. The van der Waals surface area contributed by atoms with E-state index in [1.807, 2.05) is 35.2 Å². The first kappa shape index (κ1) is 26.1. The predicted molar refractivity (Wildman–Crippen MR) is 146 cm³/mol. The Morgan fingerprint density at radius 2 is 2.00 bits per heavy atom. The van der Waals surface area contributed by atoms with Crippen LogP contribution in [0.25, 0.3) is 0 Å². The summed E-state index contributed by atoms with van der Waals surface area (Å²) < 4.78 is 5.41. The zero-order valence-corrected chi connectivity index (χ0v) is 23.0. The van der Waals surface area contributed by atoms with Crippen LogP contribution in [0.1, 0.15) is 79.7 Å². The van der Waals surface area contributed by atoms with Crippen molar-refractivity contribution >= 4 is 40.0 Å². The normalized spacial score (nSPS) is 19.7. The van der Waals surface area contributed by atoms with Gasteiger partial charge >= 0.3 is 5.97 Å². The number of benzene rings is 1. The van der Waals surface area contributed by atoms with Gasteiger partial charge in [0, 0.05) is 11.4 Å². The van der Waals surface area contributed by atoms with Gasteiger partial charge in [0.15, 0.2) is 5.50 Å². The molecule has 2 atom stereocenters. The van der Waals surface area contributed by atoms with E-state index in [0.29, 0.717) is 19.1 Å². The Balaban J connectivity index is 1.53. The van der Waals surface area contributed by atoms with Crippen LogP contribution in [0.4, 0.5) is 5.00 Å². The Bertz CT molecular complexity index is 1030. The maximum Gasteiger partial charge on any atom is 0.316 e. The first-order valence-electron chi connectivity index (χ1n) is 12.8. The summed E-state index contributed by atoms with van der Waals surface area (Å²) in [5, 5.41) is 4.58. The molecule has 2 aromatic rings. The summed E-state index contributed by atoms with van der Waals surface area (Å²) in [6, 6.07) is 10.1. The van der Waals surface area contributed by atoms with Gasteiger partial charge in [0.25, 0.3) is 5.91 Å². The average Bonchev–Trinajstić information content (AvgIpc) is 3.20. The molecule has 0 radical (unpaired) electrons. The van der Waals surface area contributed by atoms with E-state index in [2.05, 4.69) is 33.0 Å². The van der Waals surface area contributed by atoms with Crippen molar-refractivity contribution in [2.45, 2.75) is 78.3 Å². The smallest absolute Gasteiger partial charge is 0.316 e. The van der Waals surface area contributed by atoms with Gasteiger partial charge in [-0.1, -0.05) is 70.9 Å². The Morgan fingerprint density at radius 3 is 2.71 bits per heavy atom. The van der Waals surface area contributed by atoms with Crippen LogP contribution >= 0.6 is 23.1 Å². The molecule has 0 spiro atoms. The fraction of sp³-hybridized carbons (Fsp3) is 0.571. The summed E-state index contributed by atoms with van der Waals surface area (Å²) in [5.41, 5.74) is 3.12. The van der Waals surface area contributed by atoms with Gasteiger partial charge in [0.2, 0.25) is 0 Å². The number of hydrogen-bond acceptors (Lipinski definition) is 6. The van der Waals surface area contributed by atoms with Crippen molar-refractivity contribution in [2.75, 3.05) is 17.7 Å². The second-order valence-electron chi connectivity index (χ2n) is 10.7. The lowest BCUT2D eigenvalue weighted by Gasteiger charge is -2.37. The first-order valence-corrected chi connectivity index (χ1v) is 14.7. The molecule has 0 saturated carbocycles. The number of anilines is 1. The lowest BCUT2D eigenvalue weighted by molar-refractivity contribution is -0.140. The molecule has 5 nitrogen and oxygen atoms in total. The number of hydrogen-bond donors (Lipinski definition) is 1. The highest BCUT2D eigenvalue weighted by molar-refractivity contribution is 8.00. The van der Waals surface area contributed by atoms with Crippen LogP contribution < -0.4 is 5.32 Å². The Hall–Kier alpha value is -1.99. The topological polar surface area (TPSA) is 58.6 Å². The number of esters is 1. The second kappa shape index (κ2) is 11.4. The van der Waals surface area contributed by atoms with Crippen LogP contribution in [0, 0.1) is 11.3 Å². The lowest BCUT2D eigenvalue weighted by Crippen LogP contribution is -2.46. The number of carbonyl (C=O) groups excluding carboxylic acids is 2. The Kier molecular flexibility index (Phi) is 8.48. The number of nitrogens with one attached hydrogen (secondary N) is 1. The minimum atomic E-state index is -0.308. The summed E-state index contributed by atoms with van der Waals surface area (Å²) in [6.07, 6.45) is 6.16. The number of rotatable bonds is 9. The van der Waals surface area contributed by atoms with Gasteiger partial charge in [-0.15, -0.1) is 23.1 Å². The lowest BCUT2D eigenvalue weighted by atomic mass is 9.72. The molecule has 1 N–H and O–H groups in total. The monoisotopic (exact) mass is 514 g/mol. The molecule has 0 bridgehead atoms. The van der Waals surface area contributed by atoms with Crippen LogP contribution in [0.3, 0.4) is 0 Å². The molecule has 35 heavy (non-hydrogen) atoms. The third-order valence-corrected chi connectivity index (χ3v) is 9.34. The molecule has 0 unspecified atom stereocenters. The van der Waals surface area contributed by atoms with Gasteiger partial charge in [0.05, 0.1) is 17.9 Å². The van der Waals surface area contributed by atoms with Crippen molar-refractivity contribution in [3.05, 3.63) is 51.9 Å². The molecule has 4 rings (SSSR count). The van der Waals surface area contributed by atoms with Gasteiger partial charge in [-0.2, -0.15) is 0 Å². The van der Waals surface area contributed by atoms with E-state index < -0.39 is 0 Å². The number of ether oxygens (including phenoxy) is 1. The summed E-state index contributed by atoms with van der Waals surface area (Å²) in [4.78, 5) is 29.5. The summed E-state index contributed by atoms with van der Waals surface area (Å²) in [7, 11) is 0. The number of thiophene rings is 1. The second-order valence-corrected chi connectivity index (χ2v) is 12.8. The highest BCUT2D eigenvalue weighted by atomic mass is 32.2. The molecule has 1 aliphatic heterocycles. The highest BCUT2D eigenvalue weighted by Crippen LogP contribution is 2.47. The molecule has 0 saturated heterocycles. The standard InChI is InChI=1S/C28H38N2O3S2/c1-5-6-10-15-33-23(31)18-34-27-29-25-24(26(32)30(27)17-19-11-8-7-9-12-19)21-14-13-20(28(2,3)4)16-22(21)35-25/h7-9,11-12,20,27,29H,5-6,10,13-18H2,1-4H3/t20-,27+/m1/s1. The zero-order valence-electron chi connectivity index (χ0n) is 21.4. The summed E-state index contributed by atoms with van der Waals surface area (Å²) in [5.74, 6) is 0.695. The average molecular weight is 515 g/mol. The number of carbonyl (C=O) groups is 2. The molecule has 1 aromatic carbocycles. The van der Waals surface area contributed by atoms with Crippen molar-refractivity contribution in [1.82, 2.24) is 4.90 Å². The van der Waals surface area contributed by atoms with E-state index in [4.69, 9.17) is 4.74 Å². The number of nitrogens with zero attached hydrogens (tertiary/aromatic N) is 1. The fourth-order valence-corrected chi connectivity index (χ4v) is 7.23. The molecule has 1 aliphatic carbocycles. The van der Waals surface area contributed by atoms with Gasteiger partial charge < -0.3 is 15.0 Å². The third kappa shape index (κ3) is 6.23. The predicted octanol–water partition coefficient (Wildman–Crippen LogP) is 6.72. The quantitative estimate of drug-likeness (QED) is 0.297. The number of unbranched alkanes of at least 4 members (excludes halogenated alkanes) is 2. The van der Waals surface area contributed by atoms with Crippen LogP contribution in [0.15, 0.2) is 30.3 Å². The molecular weight excluding hydrogens is 476 g/mol. The first-order chi connectivity index (χ1) is 16.8. The highest BCUT2D eigenvalue weighted by Gasteiger charge is 2.40. The third-order valence-electron chi connectivity index (χ3n) is 7.07. The van der Waals surface area contributed by atoms with E-state index in [9.17, 15) is 9.59 Å².